The second-order valence-corrected chi connectivity index (χ2v) is 5.66. The van der Waals surface area contributed by atoms with Gasteiger partial charge in [-0.3, -0.25) is 10.1 Å². The van der Waals surface area contributed by atoms with E-state index >= 15 is 0 Å². The highest BCUT2D eigenvalue weighted by atomic mass is 79.9. The monoisotopic (exact) mass is 374 g/mol. The van der Waals surface area contributed by atoms with Crippen molar-refractivity contribution in [3.8, 4) is 0 Å². The lowest BCUT2D eigenvalue weighted by Gasteiger charge is -2.04. The van der Waals surface area contributed by atoms with Crippen molar-refractivity contribution in [3.05, 3.63) is 74.4 Å². The van der Waals surface area contributed by atoms with Crippen LogP contribution in [0.2, 0.25) is 0 Å². The van der Waals surface area contributed by atoms with Gasteiger partial charge in [0, 0.05) is 23.0 Å². The molecule has 0 aliphatic heterocycles. The SMILES string of the molecule is O=C(OCc1cccc([N+](=O)[O-])c1)c1[nH]c2ccccc2c1Br. The van der Waals surface area contributed by atoms with Crippen LogP contribution in [-0.2, 0) is 11.3 Å². The van der Waals surface area contributed by atoms with Gasteiger partial charge >= 0.3 is 5.97 Å². The van der Waals surface area contributed by atoms with E-state index < -0.39 is 10.9 Å². The normalized spacial score (nSPS) is 10.7. The highest BCUT2D eigenvalue weighted by molar-refractivity contribution is 9.10. The number of rotatable bonds is 4. The summed E-state index contributed by atoms with van der Waals surface area (Å²) in [7, 11) is 0. The van der Waals surface area contributed by atoms with Gasteiger partial charge in [-0.05, 0) is 27.6 Å². The van der Waals surface area contributed by atoms with Crippen LogP contribution in [-0.4, -0.2) is 15.9 Å². The lowest BCUT2D eigenvalue weighted by molar-refractivity contribution is -0.384. The molecule has 0 saturated heterocycles. The van der Waals surface area contributed by atoms with E-state index in [1.54, 1.807) is 12.1 Å². The first-order valence-electron chi connectivity index (χ1n) is 6.73. The Bertz CT molecular complexity index is 904. The summed E-state index contributed by atoms with van der Waals surface area (Å²) in [5.41, 5.74) is 1.66. The zero-order valence-electron chi connectivity index (χ0n) is 11.8. The molecule has 23 heavy (non-hydrogen) atoms. The maximum absolute atomic E-state index is 12.2. The van der Waals surface area contributed by atoms with Crippen LogP contribution < -0.4 is 0 Å². The van der Waals surface area contributed by atoms with Gasteiger partial charge in [-0.25, -0.2) is 4.79 Å². The number of non-ortho nitro benzene ring substituents is 1. The minimum absolute atomic E-state index is 0.0367. The van der Waals surface area contributed by atoms with E-state index in [2.05, 4.69) is 20.9 Å². The molecule has 116 valence electrons. The summed E-state index contributed by atoms with van der Waals surface area (Å²) in [4.78, 5) is 25.5. The van der Waals surface area contributed by atoms with Crippen LogP contribution in [0.25, 0.3) is 10.9 Å². The fraction of sp³-hybridized carbons (Fsp3) is 0.0625. The van der Waals surface area contributed by atoms with Gasteiger partial charge in [0.1, 0.15) is 12.3 Å². The quantitative estimate of drug-likeness (QED) is 0.421. The molecular formula is C16H11BrN2O4. The van der Waals surface area contributed by atoms with E-state index in [9.17, 15) is 14.9 Å². The molecule has 2 aromatic carbocycles. The number of nitro groups is 1. The van der Waals surface area contributed by atoms with Crippen molar-refractivity contribution in [2.75, 3.05) is 0 Å². The minimum atomic E-state index is -0.528. The van der Waals surface area contributed by atoms with Crippen LogP contribution >= 0.6 is 15.9 Å². The van der Waals surface area contributed by atoms with Crippen molar-refractivity contribution in [3.63, 3.8) is 0 Å². The second-order valence-electron chi connectivity index (χ2n) is 4.86. The summed E-state index contributed by atoms with van der Waals surface area (Å²) in [6, 6.07) is 13.5. The van der Waals surface area contributed by atoms with E-state index in [-0.39, 0.29) is 12.3 Å². The minimum Gasteiger partial charge on any atom is -0.456 e. The summed E-state index contributed by atoms with van der Waals surface area (Å²) >= 11 is 3.39. The number of carbonyl (C=O) groups excluding carboxylic acids is 1. The molecule has 0 bridgehead atoms. The standard InChI is InChI=1S/C16H11BrN2O4/c17-14-12-6-1-2-7-13(12)18-15(14)16(20)23-9-10-4-3-5-11(8-10)19(21)22/h1-8,18H,9H2. The first-order chi connectivity index (χ1) is 11.1. The molecule has 6 nitrogen and oxygen atoms in total. The number of H-pyrrole nitrogens is 1. The molecule has 0 aliphatic carbocycles. The number of halogens is 1. The largest absolute Gasteiger partial charge is 0.456 e. The number of para-hydroxylation sites is 1. The van der Waals surface area contributed by atoms with Gasteiger partial charge in [0.05, 0.1) is 9.40 Å². The van der Waals surface area contributed by atoms with Gasteiger partial charge in [0.25, 0.3) is 5.69 Å². The van der Waals surface area contributed by atoms with Crippen LogP contribution in [0.4, 0.5) is 5.69 Å². The molecule has 0 atom stereocenters. The van der Waals surface area contributed by atoms with Gasteiger partial charge in [0.15, 0.2) is 0 Å². The number of esters is 1. The third kappa shape index (κ3) is 3.09. The Kier molecular flexibility index (Phi) is 4.12. The molecule has 0 aliphatic rings. The second kappa shape index (κ2) is 6.21. The molecule has 7 heteroatoms. The van der Waals surface area contributed by atoms with Crippen LogP contribution in [0.3, 0.4) is 0 Å². The molecule has 3 aromatic rings. The van der Waals surface area contributed by atoms with Crippen LogP contribution in [0.1, 0.15) is 16.1 Å². The zero-order chi connectivity index (χ0) is 16.4. The number of benzene rings is 2. The molecule has 0 fully saturated rings. The Balaban J connectivity index is 1.77. The number of fused-ring (bicyclic) bond motifs is 1. The Morgan fingerprint density at radius 3 is 2.74 bits per heavy atom. The average Bonchev–Trinajstić information content (AvgIpc) is 2.90. The molecule has 0 amide bonds. The summed E-state index contributed by atoms with van der Waals surface area (Å²) < 4.78 is 5.87. The lowest BCUT2D eigenvalue weighted by Crippen LogP contribution is -2.06. The number of nitrogens with zero attached hydrogens (tertiary/aromatic N) is 1. The number of nitrogens with one attached hydrogen (secondary N) is 1. The van der Waals surface area contributed by atoms with E-state index in [1.165, 1.54) is 12.1 Å². The highest BCUT2D eigenvalue weighted by Gasteiger charge is 2.17. The Hall–Kier alpha value is -2.67. The number of ether oxygens (including phenoxy) is 1. The van der Waals surface area contributed by atoms with Gasteiger partial charge < -0.3 is 9.72 Å². The van der Waals surface area contributed by atoms with Crippen molar-refractivity contribution >= 4 is 38.5 Å². The highest BCUT2D eigenvalue weighted by Crippen LogP contribution is 2.28. The fourth-order valence-corrected chi connectivity index (χ4v) is 2.84. The summed E-state index contributed by atoms with van der Waals surface area (Å²) in [6.07, 6.45) is 0. The molecule has 0 saturated carbocycles. The third-order valence-electron chi connectivity index (χ3n) is 3.34. The maximum Gasteiger partial charge on any atom is 0.356 e. The van der Waals surface area contributed by atoms with E-state index in [0.717, 1.165) is 10.9 Å². The first kappa shape index (κ1) is 15.2. The maximum atomic E-state index is 12.2. The zero-order valence-corrected chi connectivity index (χ0v) is 13.4. The van der Waals surface area contributed by atoms with E-state index in [0.29, 0.717) is 15.7 Å². The third-order valence-corrected chi connectivity index (χ3v) is 4.16. The predicted molar refractivity (Wildman–Crippen MR) is 88.2 cm³/mol. The van der Waals surface area contributed by atoms with Gasteiger partial charge in [-0.15, -0.1) is 0 Å². The van der Waals surface area contributed by atoms with Gasteiger partial charge in [0.2, 0.25) is 0 Å². The lowest BCUT2D eigenvalue weighted by atomic mass is 10.2. The molecule has 3 rings (SSSR count). The van der Waals surface area contributed by atoms with Crippen molar-refractivity contribution in [2.45, 2.75) is 6.61 Å². The number of hydrogen-bond donors (Lipinski definition) is 1. The van der Waals surface area contributed by atoms with Crippen LogP contribution in [0, 0.1) is 10.1 Å². The van der Waals surface area contributed by atoms with Crippen LogP contribution in [0.15, 0.2) is 53.0 Å². The van der Waals surface area contributed by atoms with E-state index in [4.69, 9.17) is 4.74 Å². The summed E-state index contributed by atoms with van der Waals surface area (Å²) in [5, 5.41) is 11.6. The summed E-state index contributed by atoms with van der Waals surface area (Å²) in [5.74, 6) is -0.528. The first-order valence-corrected chi connectivity index (χ1v) is 7.52. The molecule has 1 heterocycles. The molecule has 1 N–H and O–H groups in total. The Morgan fingerprint density at radius 2 is 2.00 bits per heavy atom. The number of aromatic amines is 1. The van der Waals surface area contributed by atoms with Crippen molar-refractivity contribution < 1.29 is 14.5 Å². The predicted octanol–water partition coefficient (Wildman–Crippen LogP) is 4.20. The van der Waals surface area contributed by atoms with Gasteiger partial charge in [-0.1, -0.05) is 30.3 Å². The van der Waals surface area contributed by atoms with Crippen LogP contribution in [0.5, 0.6) is 0 Å². The number of aromatic nitrogens is 1. The summed E-state index contributed by atoms with van der Waals surface area (Å²) in [6.45, 7) is -0.0394. The van der Waals surface area contributed by atoms with E-state index in [1.807, 2.05) is 24.3 Å². The number of carbonyl (C=O) groups is 1. The molecule has 0 radical (unpaired) electrons. The van der Waals surface area contributed by atoms with Crippen molar-refractivity contribution in [2.24, 2.45) is 0 Å². The van der Waals surface area contributed by atoms with Crippen molar-refractivity contribution in [1.29, 1.82) is 0 Å². The number of hydrogen-bond acceptors (Lipinski definition) is 4. The van der Waals surface area contributed by atoms with Gasteiger partial charge in [-0.2, -0.15) is 0 Å². The topological polar surface area (TPSA) is 85.2 Å². The molecular weight excluding hydrogens is 364 g/mol. The van der Waals surface area contributed by atoms with Crippen molar-refractivity contribution in [1.82, 2.24) is 4.98 Å². The molecule has 1 aromatic heterocycles. The Morgan fingerprint density at radius 1 is 1.22 bits per heavy atom. The Labute approximate surface area is 139 Å². The average molecular weight is 375 g/mol. The molecule has 0 unspecified atom stereocenters. The smallest absolute Gasteiger partial charge is 0.356 e. The number of nitro benzene ring substituents is 1. The fourth-order valence-electron chi connectivity index (χ4n) is 2.23. The molecule has 0 spiro atoms.